The predicted octanol–water partition coefficient (Wildman–Crippen LogP) is 1.83. The van der Waals surface area contributed by atoms with Crippen LogP contribution in [0, 0.1) is 0 Å². The highest BCUT2D eigenvalue weighted by atomic mass is 19.4. The lowest BCUT2D eigenvalue weighted by Gasteiger charge is -2.08. The summed E-state index contributed by atoms with van der Waals surface area (Å²) in [6, 6.07) is 8.13. The van der Waals surface area contributed by atoms with Gasteiger partial charge in [0, 0.05) is 11.6 Å². The van der Waals surface area contributed by atoms with Gasteiger partial charge in [0.2, 0.25) is 0 Å². The first-order valence-corrected chi connectivity index (χ1v) is 7.38. The van der Waals surface area contributed by atoms with Crippen molar-refractivity contribution < 1.29 is 23.4 Å². The number of phenols is 2. The molecular formula is C18H13F3N2O3. The highest BCUT2D eigenvalue weighted by Crippen LogP contribution is 2.29. The van der Waals surface area contributed by atoms with E-state index in [9.17, 15) is 28.2 Å². The molecule has 0 amide bonds. The van der Waals surface area contributed by atoms with Crippen molar-refractivity contribution in [2.45, 2.75) is 6.18 Å². The molecule has 0 radical (unpaired) electrons. The molecule has 2 aromatic carbocycles. The number of hydrogen-bond donors (Lipinski definition) is 3. The van der Waals surface area contributed by atoms with Gasteiger partial charge in [-0.25, -0.2) is 4.68 Å². The van der Waals surface area contributed by atoms with Crippen LogP contribution in [0.15, 0.2) is 47.3 Å². The van der Waals surface area contributed by atoms with E-state index >= 15 is 0 Å². The topological polar surface area (TPSA) is 78.2 Å². The number of aromatic amines is 1. The summed E-state index contributed by atoms with van der Waals surface area (Å²) in [5.74, 6) is -0.402. The van der Waals surface area contributed by atoms with Crippen LogP contribution in [0.1, 0.15) is 11.1 Å². The van der Waals surface area contributed by atoms with Gasteiger partial charge in [0.15, 0.2) is 0 Å². The number of benzene rings is 2. The van der Waals surface area contributed by atoms with E-state index in [2.05, 4.69) is 11.7 Å². The Balaban J connectivity index is 2.17. The van der Waals surface area contributed by atoms with Crippen LogP contribution in [0.25, 0.3) is 18.3 Å². The van der Waals surface area contributed by atoms with Crippen LogP contribution >= 0.6 is 0 Å². The molecule has 8 heteroatoms. The highest BCUT2D eigenvalue weighted by molar-refractivity contribution is 5.58. The maximum absolute atomic E-state index is 12.9. The van der Waals surface area contributed by atoms with Gasteiger partial charge in [0.05, 0.1) is 21.8 Å². The average Bonchev–Trinajstić information content (AvgIpc) is 2.84. The summed E-state index contributed by atoms with van der Waals surface area (Å²) >= 11 is 0. The molecule has 134 valence electrons. The molecule has 1 aromatic heterocycles. The minimum Gasteiger partial charge on any atom is -0.508 e. The number of phenolic OH excluding ortho intramolecular Hbond substituents is 2. The van der Waals surface area contributed by atoms with Crippen molar-refractivity contribution in [3.8, 4) is 17.2 Å². The van der Waals surface area contributed by atoms with E-state index in [1.807, 2.05) is 0 Å². The van der Waals surface area contributed by atoms with E-state index in [-0.39, 0.29) is 33.3 Å². The summed E-state index contributed by atoms with van der Waals surface area (Å²) in [6.45, 7) is 3.68. The van der Waals surface area contributed by atoms with Gasteiger partial charge in [-0.15, -0.1) is 0 Å². The van der Waals surface area contributed by atoms with Crippen molar-refractivity contribution in [3.05, 3.63) is 74.5 Å². The molecule has 3 N–H and O–H groups in total. The van der Waals surface area contributed by atoms with Crippen LogP contribution in [-0.4, -0.2) is 20.0 Å². The van der Waals surface area contributed by atoms with E-state index in [0.717, 1.165) is 22.9 Å². The summed E-state index contributed by atoms with van der Waals surface area (Å²) in [5.41, 5.74) is -1.25. The van der Waals surface area contributed by atoms with Crippen molar-refractivity contribution in [2.75, 3.05) is 0 Å². The molecule has 0 saturated carbocycles. The fourth-order valence-corrected chi connectivity index (χ4v) is 2.46. The molecule has 3 aromatic rings. The molecule has 0 aliphatic carbocycles. The van der Waals surface area contributed by atoms with Gasteiger partial charge < -0.3 is 10.2 Å². The van der Waals surface area contributed by atoms with Gasteiger partial charge in [-0.2, -0.15) is 13.2 Å². The van der Waals surface area contributed by atoms with E-state index in [4.69, 9.17) is 0 Å². The number of nitrogens with one attached hydrogen (secondary N) is 1. The number of alkyl halides is 3. The molecule has 0 spiro atoms. The molecule has 0 bridgehead atoms. The molecule has 0 aliphatic heterocycles. The van der Waals surface area contributed by atoms with Crippen molar-refractivity contribution in [1.82, 2.24) is 9.78 Å². The summed E-state index contributed by atoms with van der Waals surface area (Å²) < 4.78 is 39.6. The lowest BCUT2D eigenvalue weighted by atomic mass is 10.1. The lowest BCUT2D eigenvalue weighted by Crippen LogP contribution is -2.34. The van der Waals surface area contributed by atoms with E-state index < -0.39 is 17.3 Å². The molecule has 0 aliphatic rings. The molecule has 0 fully saturated rings. The normalized spacial score (nSPS) is 12.5. The fraction of sp³-hybridized carbons (Fsp3) is 0.0556. The molecule has 1 heterocycles. The second kappa shape index (κ2) is 6.14. The summed E-state index contributed by atoms with van der Waals surface area (Å²) in [5, 5.41) is 22.0. The Bertz CT molecular complexity index is 1140. The first-order valence-electron chi connectivity index (χ1n) is 7.38. The second-order valence-corrected chi connectivity index (χ2v) is 5.58. The Morgan fingerprint density at radius 2 is 1.85 bits per heavy atom. The minimum absolute atomic E-state index is 0.00398. The highest BCUT2D eigenvalue weighted by Gasteiger charge is 2.30. The zero-order valence-electron chi connectivity index (χ0n) is 13.2. The average molecular weight is 362 g/mol. The number of aromatic hydroxyl groups is 2. The van der Waals surface area contributed by atoms with Crippen LogP contribution in [0.3, 0.4) is 0 Å². The van der Waals surface area contributed by atoms with Crippen molar-refractivity contribution >= 4 is 12.7 Å². The Hall–Kier alpha value is -3.42. The van der Waals surface area contributed by atoms with Crippen LogP contribution < -0.4 is 16.1 Å². The number of aromatic nitrogens is 2. The quantitative estimate of drug-likeness (QED) is 0.651. The molecular weight excluding hydrogens is 349 g/mol. The Morgan fingerprint density at radius 1 is 1.12 bits per heavy atom. The SMILES string of the molecule is C=c1[nH]n(-c2cccc(C(F)(F)F)c2)c(=O)c1=Cc1ccc(O)cc1O. The number of rotatable bonds is 2. The van der Waals surface area contributed by atoms with Crippen molar-refractivity contribution in [2.24, 2.45) is 0 Å². The van der Waals surface area contributed by atoms with Crippen LogP contribution in [-0.2, 0) is 6.18 Å². The number of H-pyrrole nitrogens is 1. The first-order chi connectivity index (χ1) is 12.2. The van der Waals surface area contributed by atoms with E-state index in [0.29, 0.717) is 0 Å². The molecule has 0 saturated heterocycles. The molecule has 26 heavy (non-hydrogen) atoms. The van der Waals surface area contributed by atoms with Gasteiger partial charge >= 0.3 is 6.18 Å². The Labute approximate surface area is 144 Å². The number of hydrogen-bond acceptors (Lipinski definition) is 3. The molecule has 5 nitrogen and oxygen atoms in total. The van der Waals surface area contributed by atoms with Gasteiger partial charge in [0.25, 0.3) is 5.56 Å². The molecule has 0 unspecified atom stereocenters. The monoisotopic (exact) mass is 362 g/mol. The zero-order chi connectivity index (χ0) is 19.1. The number of halogens is 3. The Morgan fingerprint density at radius 3 is 2.50 bits per heavy atom. The summed E-state index contributed by atoms with van der Waals surface area (Å²) in [7, 11) is 0. The standard InChI is InChI=1S/C18H13F3N2O3/c1-10-15(7-11-5-6-14(24)9-16(11)25)17(26)23(22-10)13-4-2-3-12(8-13)18(19,20)21/h2-9,22,24-25H,1H2. The van der Waals surface area contributed by atoms with Gasteiger partial charge in [-0.05, 0) is 36.4 Å². The van der Waals surface area contributed by atoms with E-state index in [1.165, 1.54) is 30.3 Å². The lowest BCUT2D eigenvalue weighted by molar-refractivity contribution is -0.137. The maximum Gasteiger partial charge on any atom is 0.416 e. The second-order valence-electron chi connectivity index (χ2n) is 5.58. The third-order valence-electron chi connectivity index (χ3n) is 3.75. The number of nitrogens with zero attached hydrogens (tertiary/aromatic N) is 1. The minimum atomic E-state index is -4.54. The van der Waals surface area contributed by atoms with E-state index in [1.54, 1.807) is 0 Å². The third-order valence-corrected chi connectivity index (χ3v) is 3.75. The zero-order valence-corrected chi connectivity index (χ0v) is 13.2. The van der Waals surface area contributed by atoms with Gasteiger partial charge in [-0.1, -0.05) is 12.6 Å². The van der Waals surface area contributed by atoms with Crippen LogP contribution in [0.5, 0.6) is 11.5 Å². The summed E-state index contributed by atoms with van der Waals surface area (Å²) in [6.07, 6.45) is -3.20. The van der Waals surface area contributed by atoms with Crippen molar-refractivity contribution in [3.63, 3.8) is 0 Å². The predicted molar refractivity (Wildman–Crippen MR) is 89.5 cm³/mol. The molecule has 3 rings (SSSR count). The third kappa shape index (κ3) is 3.21. The largest absolute Gasteiger partial charge is 0.508 e. The van der Waals surface area contributed by atoms with Gasteiger partial charge in [-0.3, -0.25) is 9.89 Å². The first kappa shape index (κ1) is 17.4. The summed E-state index contributed by atoms with van der Waals surface area (Å²) in [4.78, 5) is 12.6. The van der Waals surface area contributed by atoms with Crippen LogP contribution in [0.2, 0.25) is 0 Å². The molecule has 0 atom stereocenters. The van der Waals surface area contributed by atoms with Crippen molar-refractivity contribution in [1.29, 1.82) is 0 Å². The smallest absolute Gasteiger partial charge is 0.416 e. The Kier molecular flexibility index (Phi) is 4.11. The maximum atomic E-state index is 12.9. The van der Waals surface area contributed by atoms with Crippen LogP contribution in [0.4, 0.5) is 13.2 Å². The van der Waals surface area contributed by atoms with Gasteiger partial charge in [0.1, 0.15) is 11.5 Å². The fourth-order valence-electron chi connectivity index (χ4n) is 2.46.